The van der Waals surface area contributed by atoms with Crippen molar-refractivity contribution in [2.45, 2.75) is 62.8 Å². The van der Waals surface area contributed by atoms with E-state index >= 15 is 0 Å². The van der Waals surface area contributed by atoms with E-state index in [9.17, 15) is 4.79 Å². The number of hydrogen-bond acceptors (Lipinski definition) is 5. The van der Waals surface area contributed by atoms with E-state index < -0.39 is 5.41 Å². The van der Waals surface area contributed by atoms with Crippen LogP contribution in [0.1, 0.15) is 56.9 Å². The minimum atomic E-state index is -0.402. The normalized spacial score (nSPS) is 21.3. The van der Waals surface area contributed by atoms with Crippen LogP contribution in [0.25, 0.3) is 10.9 Å². The van der Waals surface area contributed by atoms with Gasteiger partial charge in [-0.2, -0.15) is 4.98 Å². The third kappa shape index (κ3) is 5.15. The summed E-state index contributed by atoms with van der Waals surface area (Å²) < 4.78 is 0. The molecule has 2 aliphatic rings. The molecule has 7 heteroatoms. The van der Waals surface area contributed by atoms with E-state index in [0.29, 0.717) is 22.9 Å². The zero-order chi connectivity index (χ0) is 25.1. The average Bonchev–Trinajstić information content (AvgIpc) is 3.39. The highest BCUT2D eigenvalue weighted by Gasteiger charge is 2.42. The van der Waals surface area contributed by atoms with Crippen LogP contribution in [0.15, 0.2) is 48.5 Å². The monoisotopic (exact) mass is 505 g/mol. The highest BCUT2D eigenvalue weighted by Crippen LogP contribution is 2.42. The quantitative estimate of drug-likeness (QED) is 0.415. The highest BCUT2D eigenvalue weighted by atomic mass is 35.5. The van der Waals surface area contributed by atoms with E-state index in [4.69, 9.17) is 21.6 Å². The lowest BCUT2D eigenvalue weighted by Gasteiger charge is -2.32. The fourth-order valence-electron chi connectivity index (χ4n) is 5.96. The third-order valence-corrected chi connectivity index (χ3v) is 8.28. The average molecular weight is 506 g/mol. The summed E-state index contributed by atoms with van der Waals surface area (Å²) in [6.45, 7) is 0.748. The molecule has 2 fully saturated rings. The van der Waals surface area contributed by atoms with Crippen LogP contribution < -0.4 is 15.5 Å². The van der Waals surface area contributed by atoms with E-state index in [-0.39, 0.29) is 5.91 Å². The summed E-state index contributed by atoms with van der Waals surface area (Å²) in [4.78, 5) is 25.0. The van der Waals surface area contributed by atoms with Gasteiger partial charge in [-0.3, -0.25) is 4.79 Å². The molecule has 0 atom stereocenters. The van der Waals surface area contributed by atoms with Crippen molar-refractivity contribution in [1.29, 1.82) is 0 Å². The van der Waals surface area contributed by atoms with E-state index in [1.165, 1.54) is 0 Å². The molecule has 2 N–H and O–H groups in total. The topological polar surface area (TPSA) is 70.2 Å². The summed E-state index contributed by atoms with van der Waals surface area (Å²) in [5.41, 5.74) is 1.65. The predicted molar refractivity (Wildman–Crippen MR) is 148 cm³/mol. The van der Waals surface area contributed by atoms with Gasteiger partial charge in [0.1, 0.15) is 5.82 Å². The summed E-state index contributed by atoms with van der Waals surface area (Å²) >= 11 is 6.10. The zero-order valence-corrected chi connectivity index (χ0v) is 22.0. The Balaban J connectivity index is 1.17. The van der Waals surface area contributed by atoms with Gasteiger partial charge in [0.15, 0.2) is 0 Å². The first-order valence-corrected chi connectivity index (χ1v) is 13.6. The Kier molecular flexibility index (Phi) is 7.33. The molecular formula is C29H36ClN5O. The molecule has 2 aromatic carbocycles. The number of aromatic nitrogens is 2. The fourth-order valence-corrected chi connectivity index (χ4v) is 6.09. The van der Waals surface area contributed by atoms with Crippen LogP contribution in [-0.4, -0.2) is 42.6 Å². The number of carbonyl (C=O) groups excluding carboxylic acids is 1. The van der Waals surface area contributed by atoms with Crippen molar-refractivity contribution in [3.63, 3.8) is 0 Å². The van der Waals surface area contributed by atoms with Crippen LogP contribution in [0.2, 0.25) is 5.02 Å². The first kappa shape index (κ1) is 24.8. The molecular weight excluding hydrogens is 470 g/mol. The summed E-state index contributed by atoms with van der Waals surface area (Å²) in [6.07, 6.45) is 8.29. The molecule has 2 saturated carbocycles. The molecule has 0 aliphatic heterocycles. The first-order chi connectivity index (χ1) is 17.4. The lowest BCUT2D eigenvalue weighted by molar-refractivity contribution is -0.126. The van der Waals surface area contributed by atoms with Crippen LogP contribution in [0.3, 0.4) is 0 Å². The Labute approximate surface area is 218 Å². The van der Waals surface area contributed by atoms with E-state index in [0.717, 1.165) is 80.2 Å². The van der Waals surface area contributed by atoms with Crippen molar-refractivity contribution in [2.24, 2.45) is 5.92 Å². The Morgan fingerprint density at radius 3 is 2.39 bits per heavy atom. The van der Waals surface area contributed by atoms with Gasteiger partial charge >= 0.3 is 0 Å². The molecule has 1 heterocycles. The van der Waals surface area contributed by atoms with Gasteiger partial charge in [0.05, 0.1) is 10.9 Å². The molecule has 0 unspecified atom stereocenters. The van der Waals surface area contributed by atoms with Crippen molar-refractivity contribution < 1.29 is 4.79 Å². The van der Waals surface area contributed by atoms with E-state index in [1.54, 1.807) is 0 Å². The van der Waals surface area contributed by atoms with Crippen molar-refractivity contribution >= 4 is 40.2 Å². The smallest absolute Gasteiger partial charge is 0.230 e. The number of fused-ring (bicyclic) bond motifs is 1. The summed E-state index contributed by atoms with van der Waals surface area (Å²) in [5.74, 6) is 2.31. The van der Waals surface area contributed by atoms with Crippen molar-refractivity contribution in [2.75, 3.05) is 30.9 Å². The SMILES string of the molecule is CN(C)c1nc(NC2CCC(CNC(=O)C3(c4ccc(Cl)cc4)CCCC3)CC2)nc2ccccc12. The van der Waals surface area contributed by atoms with Crippen molar-refractivity contribution in [3.05, 3.63) is 59.1 Å². The lowest BCUT2D eigenvalue weighted by Crippen LogP contribution is -2.45. The highest BCUT2D eigenvalue weighted by molar-refractivity contribution is 6.30. The molecule has 0 spiro atoms. The van der Waals surface area contributed by atoms with Crippen molar-refractivity contribution in [3.8, 4) is 0 Å². The maximum Gasteiger partial charge on any atom is 0.230 e. The van der Waals surface area contributed by atoms with Crippen molar-refractivity contribution in [1.82, 2.24) is 15.3 Å². The van der Waals surface area contributed by atoms with Crippen LogP contribution >= 0.6 is 11.6 Å². The van der Waals surface area contributed by atoms with E-state index in [2.05, 4.69) is 16.7 Å². The second-order valence-electron chi connectivity index (χ2n) is 10.7. The van der Waals surface area contributed by atoms with Crippen LogP contribution in [0, 0.1) is 5.92 Å². The Hall–Kier alpha value is -2.86. The second-order valence-corrected chi connectivity index (χ2v) is 11.1. The predicted octanol–water partition coefficient (Wildman–Crippen LogP) is 5.95. The fraction of sp³-hybridized carbons (Fsp3) is 0.483. The number of nitrogens with one attached hydrogen (secondary N) is 2. The van der Waals surface area contributed by atoms with Gasteiger partial charge in [-0.15, -0.1) is 0 Å². The number of benzene rings is 2. The Morgan fingerprint density at radius 2 is 1.69 bits per heavy atom. The number of hydrogen-bond donors (Lipinski definition) is 2. The molecule has 0 bridgehead atoms. The zero-order valence-electron chi connectivity index (χ0n) is 21.3. The Morgan fingerprint density at radius 1 is 1.00 bits per heavy atom. The molecule has 3 aromatic rings. The minimum Gasteiger partial charge on any atom is -0.362 e. The van der Waals surface area contributed by atoms with Gasteiger partial charge < -0.3 is 15.5 Å². The standard InChI is InChI=1S/C29H36ClN5O/c1-35(2)26-24-7-3-4-8-25(24)33-28(34-26)32-23-15-9-20(10-16-23)19-31-27(36)29(17-5-6-18-29)21-11-13-22(30)14-12-21/h3-4,7-8,11-14,20,23H,5-6,9-10,15-19H2,1-2H3,(H,31,36)(H,32,33,34). The maximum atomic E-state index is 13.4. The number of anilines is 2. The van der Waals surface area contributed by atoms with Gasteiger partial charge in [-0.1, -0.05) is 48.7 Å². The number of para-hydroxylation sites is 1. The molecule has 2 aliphatic carbocycles. The number of amides is 1. The second kappa shape index (κ2) is 10.6. The third-order valence-electron chi connectivity index (χ3n) is 8.03. The number of halogens is 1. The summed E-state index contributed by atoms with van der Waals surface area (Å²) in [7, 11) is 4.03. The van der Waals surface area contributed by atoms with Gasteiger partial charge in [-0.05, 0) is 74.3 Å². The van der Waals surface area contributed by atoms with Gasteiger partial charge in [0.25, 0.3) is 0 Å². The van der Waals surface area contributed by atoms with Gasteiger partial charge in [0.2, 0.25) is 11.9 Å². The molecule has 0 radical (unpaired) electrons. The van der Waals surface area contributed by atoms with Crippen LogP contribution in [-0.2, 0) is 10.2 Å². The molecule has 1 aromatic heterocycles. The number of rotatable bonds is 7. The molecule has 5 rings (SSSR count). The van der Waals surface area contributed by atoms with E-state index in [1.807, 2.05) is 61.5 Å². The molecule has 1 amide bonds. The lowest BCUT2D eigenvalue weighted by atomic mass is 9.77. The first-order valence-electron chi connectivity index (χ1n) is 13.2. The van der Waals surface area contributed by atoms with Crippen LogP contribution in [0.5, 0.6) is 0 Å². The van der Waals surface area contributed by atoms with Gasteiger partial charge in [-0.25, -0.2) is 4.98 Å². The number of carbonyl (C=O) groups is 1. The molecule has 0 saturated heterocycles. The van der Waals surface area contributed by atoms with Crippen LogP contribution in [0.4, 0.5) is 11.8 Å². The maximum absolute atomic E-state index is 13.4. The molecule has 190 valence electrons. The molecule has 36 heavy (non-hydrogen) atoms. The molecule has 6 nitrogen and oxygen atoms in total. The minimum absolute atomic E-state index is 0.184. The van der Waals surface area contributed by atoms with Gasteiger partial charge in [0, 0.05) is 37.1 Å². The largest absolute Gasteiger partial charge is 0.362 e. The number of nitrogens with zero attached hydrogens (tertiary/aromatic N) is 3. The Bertz CT molecular complexity index is 1200. The summed E-state index contributed by atoms with van der Waals surface area (Å²) in [5, 5.41) is 8.69. The summed E-state index contributed by atoms with van der Waals surface area (Å²) in [6, 6.07) is 16.4.